The summed E-state index contributed by atoms with van der Waals surface area (Å²) in [6.45, 7) is 2.74. The van der Waals surface area contributed by atoms with Gasteiger partial charge in [0.1, 0.15) is 5.54 Å². The number of nitro groups is 1. The maximum Gasteiger partial charge on any atom is 0.269 e. The highest BCUT2D eigenvalue weighted by molar-refractivity contribution is 6.13. The van der Waals surface area contributed by atoms with Gasteiger partial charge in [-0.15, -0.1) is 0 Å². The second-order valence-corrected chi connectivity index (χ2v) is 9.30. The molecule has 5 rings (SSSR count). The summed E-state index contributed by atoms with van der Waals surface area (Å²) in [4.78, 5) is 43.1. The topological polar surface area (TPSA) is 83.8 Å². The Morgan fingerprint density at radius 2 is 1.75 bits per heavy atom. The summed E-state index contributed by atoms with van der Waals surface area (Å²) in [5.41, 5.74) is 1.56. The number of anilines is 1. The molecule has 7 heteroatoms. The van der Waals surface area contributed by atoms with Gasteiger partial charge in [-0.2, -0.15) is 0 Å². The Morgan fingerprint density at radius 1 is 1.08 bits per heavy atom. The van der Waals surface area contributed by atoms with E-state index >= 15 is 0 Å². The summed E-state index contributed by atoms with van der Waals surface area (Å²) < 4.78 is 0. The number of non-ortho nitro benzene ring substituents is 1. The van der Waals surface area contributed by atoms with Crippen LogP contribution in [0.5, 0.6) is 0 Å². The summed E-state index contributed by atoms with van der Waals surface area (Å²) >= 11 is 0. The van der Waals surface area contributed by atoms with Crippen LogP contribution in [-0.4, -0.2) is 41.7 Å². The highest BCUT2D eigenvalue weighted by Gasteiger charge is 2.65. The summed E-state index contributed by atoms with van der Waals surface area (Å²) in [6, 6.07) is 23.8. The molecule has 2 heterocycles. The van der Waals surface area contributed by atoms with E-state index in [0.717, 1.165) is 11.1 Å². The summed E-state index contributed by atoms with van der Waals surface area (Å²) in [5, 5.41) is 11.7. The Kier molecular flexibility index (Phi) is 6.02. The van der Waals surface area contributed by atoms with E-state index in [1.54, 1.807) is 23.1 Å². The number of hydrogen-bond donors (Lipinski definition) is 0. The van der Waals surface area contributed by atoms with Crippen molar-refractivity contribution in [3.05, 3.63) is 112 Å². The van der Waals surface area contributed by atoms with Gasteiger partial charge in [0.2, 0.25) is 0 Å². The molecule has 0 aromatic heterocycles. The van der Waals surface area contributed by atoms with Crippen LogP contribution >= 0.6 is 0 Å². The van der Waals surface area contributed by atoms with E-state index < -0.39 is 16.4 Å². The number of allylic oxidation sites excluding steroid dienone is 1. The van der Waals surface area contributed by atoms with Crippen LogP contribution < -0.4 is 4.90 Å². The molecular formula is C29H27N3O4. The Hall–Kier alpha value is -4.10. The standard InChI is InChI=1S/C29H27N3O4/c1-3-31-25-16-15-22(32(35)36)18-24(25)29(28(31)34)27(26(33)17-14-20-10-6-4-7-11-20)23(19-30(29)2)21-12-8-5-9-13-21/h4-18,23,27H,3,19H2,1-2H3. The number of hydrogen-bond acceptors (Lipinski definition) is 5. The zero-order chi connectivity index (χ0) is 25.4. The molecule has 182 valence electrons. The van der Waals surface area contributed by atoms with E-state index in [4.69, 9.17) is 0 Å². The lowest BCUT2D eigenvalue weighted by Gasteiger charge is -2.35. The minimum Gasteiger partial charge on any atom is -0.310 e. The minimum absolute atomic E-state index is 0.0959. The van der Waals surface area contributed by atoms with Gasteiger partial charge < -0.3 is 4.90 Å². The van der Waals surface area contributed by atoms with Gasteiger partial charge in [0.05, 0.1) is 10.8 Å². The van der Waals surface area contributed by atoms with Crippen molar-refractivity contribution in [2.45, 2.75) is 18.4 Å². The van der Waals surface area contributed by atoms with Crippen LogP contribution in [0.25, 0.3) is 6.08 Å². The van der Waals surface area contributed by atoms with Gasteiger partial charge in [0.15, 0.2) is 5.78 Å². The molecule has 2 aliphatic heterocycles. The number of likely N-dealkylation sites (tertiary alicyclic amines) is 1. The number of rotatable bonds is 6. The Bertz CT molecular complexity index is 1360. The molecule has 3 unspecified atom stereocenters. The lowest BCUT2D eigenvalue weighted by molar-refractivity contribution is -0.385. The lowest BCUT2D eigenvalue weighted by Crippen LogP contribution is -2.53. The zero-order valence-electron chi connectivity index (χ0n) is 20.2. The number of likely N-dealkylation sites (N-methyl/N-ethyl adjacent to an activating group) is 2. The molecule has 3 aromatic rings. The van der Waals surface area contributed by atoms with Crippen molar-refractivity contribution in [1.82, 2.24) is 4.90 Å². The third-order valence-corrected chi connectivity index (χ3v) is 7.48. The van der Waals surface area contributed by atoms with Gasteiger partial charge in [-0.3, -0.25) is 24.6 Å². The molecule has 1 spiro atoms. The first-order valence-electron chi connectivity index (χ1n) is 12.0. The Morgan fingerprint density at radius 3 is 2.39 bits per heavy atom. The van der Waals surface area contributed by atoms with Gasteiger partial charge in [0.25, 0.3) is 11.6 Å². The first-order valence-corrected chi connectivity index (χ1v) is 12.0. The van der Waals surface area contributed by atoms with Crippen molar-refractivity contribution in [2.24, 2.45) is 5.92 Å². The van der Waals surface area contributed by atoms with Crippen molar-refractivity contribution in [3.8, 4) is 0 Å². The molecule has 3 aromatic carbocycles. The number of nitro benzene ring substituents is 1. The fourth-order valence-corrected chi connectivity index (χ4v) is 5.91. The van der Waals surface area contributed by atoms with Gasteiger partial charge in [-0.25, -0.2) is 0 Å². The molecule has 0 saturated carbocycles. The molecule has 3 atom stereocenters. The van der Waals surface area contributed by atoms with Crippen LogP contribution in [0.15, 0.2) is 84.9 Å². The minimum atomic E-state index is -1.34. The van der Waals surface area contributed by atoms with Crippen LogP contribution in [0.1, 0.15) is 29.5 Å². The maximum atomic E-state index is 14.2. The molecule has 36 heavy (non-hydrogen) atoms. The largest absolute Gasteiger partial charge is 0.310 e. The van der Waals surface area contributed by atoms with Crippen molar-refractivity contribution < 1.29 is 14.5 Å². The van der Waals surface area contributed by atoms with Crippen molar-refractivity contribution in [2.75, 3.05) is 25.0 Å². The molecule has 1 saturated heterocycles. The molecule has 0 bridgehead atoms. The normalized spacial score (nSPS) is 23.5. The molecule has 0 radical (unpaired) electrons. The summed E-state index contributed by atoms with van der Waals surface area (Å²) in [6.07, 6.45) is 3.32. The van der Waals surface area contributed by atoms with Crippen molar-refractivity contribution >= 4 is 29.1 Å². The van der Waals surface area contributed by atoms with Crippen molar-refractivity contribution in [1.29, 1.82) is 0 Å². The van der Waals surface area contributed by atoms with Crippen LogP contribution in [0.4, 0.5) is 11.4 Å². The predicted octanol–water partition coefficient (Wildman–Crippen LogP) is 4.78. The highest BCUT2D eigenvalue weighted by atomic mass is 16.6. The third-order valence-electron chi connectivity index (χ3n) is 7.48. The molecule has 0 aliphatic carbocycles. The fraction of sp³-hybridized carbons (Fsp3) is 0.241. The maximum absolute atomic E-state index is 14.2. The van der Waals surface area contributed by atoms with E-state index in [1.165, 1.54) is 12.1 Å². The Balaban J connectivity index is 1.71. The first-order chi connectivity index (χ1) is 17.4. The predicted molar refractivity (Wildman–Crippen MR) is 139 cm³/mol. The third kappa shape index (κ3) is 3.55. The highest BCUT2D eigenvalue weighted by Crippen LogP contribution is 2.57. The van der Waals surface area contributed by atoms with Crippen LogP contribution in [0.2, 0.25) is 0 Å². The number of benzene rings is 3. The summed E-state index contributed by atoms with van der Waals surface area (Å²) in [7, 11) is 1.84. The van der Waals surface area contributed by atoms with Gasteiger partial charge >= 0.3 is 0 Å². The van der Waals surface area contributed by atoms with E-state index in [9.17, 15) is 19.7 Å². The second kappa shape index (κ2) is 9.17. The van der Waals surface area contributed by atoms with Gasteiger partial charge in [-0.1, -0.05) is 66.7 Å². The second-order valence-electron chi connectivity index (χ2n) is 9.30. The van der Waals surface area contributed by atoms with Gasteiger partial charge in [-0.05, 0) is 37.2 Å². The SMILES string of the molecule is CCN1C(=O)C2(c3cc([N+](=O)[O-])ccc31)C(C(=O)C=Cc1ccccc1)C(c1ccccc1)CN2C. The van der Waals surface area contributed by atoms with E-state index in [0.29, 0.717) is 24.3 Å². The van der Waals surface area contributed by atoms with E-state index in [2.05, 4.69) is 0 Å². The summed E-state index contributed by atoms with van der Waals surface area (Å²) in [5.74, 6) is -1.42. The first kappa shape index (κ1) is 23.6. The molecule has 0 N–H and O–H groups in total. The zero-order valence-corrected chi connectivity index (χ0v) is 20.2. The van der Waals surface area contributed by atoms with Crippen LogP contribution in [0, 0.1) is 16.0 Å². The molecule has 2 aliphatic rings. The van der Waals surface area contributed by atoms with Crippen LogP contribution in [0.3, 0.4) is 0 Å². The molecular weight excluding hydrogens is 454 g/mol. The number of fused-ring (bicyclic) bond motifs is 2. The molecule has 1 amide bonds. The Labute approximate surface area is 209 Å². The van der Waals surface area contributed by atoms with E-state index in [1.807, 2.05) is 79.5 Å². The number of carbonyl (C=O) groups excluding carboxylic acids is 2. The number of nitrogens with zero attached hydrogens (tertiary/aromatic N) is 3. The molecule has 7 nitrogen and oxygen atoms in total. The lowest BCUT2D eigenvalue weighted by atomic mass is 9.71. The van der Waals surface area contributed by atoms with E-state index in [-0.39, 0.29) is 23.3 Å². The number of amides is 1. The monoisotopic (exact) mass is 481 g/mol. The van der Waals surface area contributed by atoms with Crippen LogP contribution in [-0.2, 0) is 15.1 Å². The van der Waals surface area contributed by atoms with Gasteiger partial charge in [0, 0.05) is 42.4 Å². The van der Waals surface area contributed by atoms with Crippen molar-refractivity contribution in [3.63, 3.8) is 0 Å². The number of ketones is 1. The fourth-order valence-electron chi connectivity index (χ4n) is 5.91. The molecule has 1 fully saturated rings. The smallest absolute Gasteiger partial charge is 0.269 e. The number of carbonyl (C=O) groups is 2. The quantitative estimate of drug-likeness (QED) is 0.287. The average molecular weight is 482 g/mol. The average Bonchev–Trinajstić information content (AvgIpc) is 3.35.